The van der Waals surface area contributed by atoms with Crippen LogP contribution in [0.4, 0.5) is 5.69 Å². The van der Waals surface area contributed by atoms with Crippen molar-refractivity contribution in [2.45, 2.75) is 27.7 Å². The number of carbonyl (C=O) groups is 1. The van der Waals surface area contributed by atoms with Crippen LogP contribution in [0, 0.1) is 24.2 Å². The van der Waals surface area contributed by atoms with Crippen molar-refractivity contribution in [1.29, 1.82) is 0 Å². The monoisotopic (exact) mass is 296 g/mol. The van der Waals surface area contributed by atoms with Crippen LogP contribution in [0.1, 0.15) is 37.5 Å². The summed E-state index contributed by atoms with van der Waals surface area (Å²) in [5, 5.41) is 12.5. The van der Waals surface area contributed by atoms with Crippen LogP contribution in [0.15, 0.2) is 30.6 Å². The van der Waals surface area contributed by atoms with Gasteiger partial charge in [-0.05, 0) is 24.6 Å². The molecule has 4 nitrogen and oxygen atoms in total. The molecular formula is C18H20N2O2. The predicted octanol–water partition coefficient (Wildman–Crippen LogP) is 3.41. The average Bonchev–Trinajstić information content (AvgIpc) is 2.82. The van der Waals surface area contributed by atoms with Gasteiger partial charge in [-0.1, -0.05) is 38.7 Å². The molecule has 1 heterocycles. The Bertz CT molecular complexity index is 755. The smallest absolute Gasteiger partial charge is 0.229 e. The van der Waals surface area contributed by atoms with Gasteiger partial charge in [0, 0.05) is 23.4 Å². The van der Waals surface area contributed by atoms with Gasteiger partial charge in [0.05, 0.1) is 11.3 Å². The van der Waals surface area contributed by atoms with Crippen molar-refractivity contribution in [1.82, 2.24) is 4.98 Å². The van der Waals surface area contributed by atoms with Crippen molar-refractivity contribution in [2.24, 2.45) is 5.41 Å². The quantitative estimate of drug-likeness (QED) is 0.706. The minimum Gasteiger partial charge on any atom is -0.505 e. The van der Waals surface area contributed by atoms with Gasteiger partial charge in [0.1, 0.15) is 5.75 Å². The summed E-state index contributed by atoms with van der Waals surface area (Å²) in [7, 11) is 0. The zero-order valence-corrected chi connectivity index (χ0v) is 13.2. The minimum atomic E-state index is -0.479. The molecule has 1 amide bonds. The van der Waals surface area contributed by atoms with Crippen molar-refractivity contribution < 1.29 is 9.90 Å². The fourth-order valence-electron chi connectivity index (χ4n) is 1.77. The molecule has 3 N–H and O–H groups in total. The molecule has 0 radical (unpaired) electrons. The third kappa shape index (κ3) is 3.70. The zero-order valence-electron chi connectivity index (χ0n) is 13.2. The number of carbonyl (C=O) groups excluding carboxylic acids is 1. The molecule has 1 aromatic heterocycles. The molecule has 22 heavy (non-hydrogen) atoms. The minimum absolute atomic E-state index is 0.0642. The summed E-state index contributed by atoms with van der Waals surface area (Å²) in [4.78, 5) is 15.0. The molecule has 0 aliphatic heterocycles. The zero-order chi connectivity index (χ0) is 16.3. The maximum Gasteiger partial charge on any atom is 0.229 e. The highest BCUT2D eigenvalue weighted by atomic mass is 16.3. The van der Waals surface area contributed by atoms with E-state index in [0.717, 1.165) is 5.56 Å². The van der Waals surface area contributed by atoms with Gasteiger partial charge >= 0.3 is 0 Å². The predicted molar refractivity (Wildman–Crippen MR) is 87.7 cm³/mol. The number of nitrogens with one attached hydrogen (secondary N) is 2. The molecule has 0 bridgehead atoms. The van der Waals surface area contributed by atoms with Gasteiger partial charge in [0.25, 0.3) is 0 Å². The first-order valence-electron chi connectivity index (χ1n) is 7.07. The van der Waals surface area contributed by atoms with Crippen molar-refractivity contribution in [2.75, 3.05) is 5.32 Å². The standard InChI is InChI=1S/C18H20N2O2/c1-12-5-6-13(7-8-14-10-19-11-16(14)21)15(9-12)20-17(22)18(2,3)4/h5-6,9-11,19,21H,1-4H3,(H,20,22). The van der Waals surface area contributed by atoms with E-state index in [2.05, 4.69) is 22.1 Å². The van der Waals surface area contributed by atoms with E-state index in [1.165, 1.54) is 6.20 Å². The second-order valence-electron chi connectivity index (χ2n) is 6.26. The Balaban J connectivity index is 2.35. The molecule has 0 aliphatic rings. The Labute approximate surface area is 130 Å². The Morgan fingerprint density at radius 2 is 1.86 bits per heavy atom. The number of aromatic nitrogens is 1. The molecule has 0 unspecified atom stereocenters. The lowest BCUT2D eigenvalue weighted by Gasteiger charge is -2.18. The number of anilines is 1. The molecule has 4 heteroatoms. The highest BCUT2D eigenvalue weighted by Gasteiger charge is 2.21. The Kier molecular flexibility index (Phi) is 4.27. The highest BCUT2D eigenvalue weighted by Crippen LogP contribution is 2.22. The molecule has 0 aliphatic carbocycles. The van der Waals surface area contributed by atoms with E-state index < -0.39 is 5.41 Å². The molecule has 1 aromatic carbocycles. The summed E-state index contributed by atoms with van der Waals surface area (Å²) < 4.78 is 0. The lowest BCUT2D eigenvalue weighted by atomic mass is 9.95. The number of H-pyrrole nitrogens is 1. The maximum atomic E-state index is 12.2. The van der Waals surface area contributed by atoms with E-state index in [1.54, 1.807) is 6.20 Å². The second kappa shape index (κ2) is 5.98. The summed E-state index contributed by atoms with van der Waals surface area (Å²) in [5.41, 5.74) is 2.48. The number of hydrogen-bond donors (Lipinski definition) is 3. The topological polar surface area (TPSA) is 65.1 Å². The van der Waals surface area contributed by atoms with Crippen LogP contribution < -0.4 is 5.32 Å². The summed E-state index contributed by atoms with van der Waals surface area (Å²) in [6, 6.07) is 5.70. The SMILES string of the molecule is Cc1ccc(C#Cc2c[nH]cc2O)c(NC(=O)C(C)(C)C)c1. The fraction of sp³-hybridized carbons (Fsp3) is 0.278. The number of benzene rings is 1. The van der Waals surface area contributed by atoms with Crippen LogP contribution >= 0.6 is 0 Å². The van der Waals surface area contributed by atoms with Gasteiger partial charge < -0.3 is 15.4 Å². The first-order chi connectivity index (χ1) is 10.3. The van der Waals surface area contributed by atoms with E-state index in [0.29, 0.717) is 16.8 Å². The first kappa shape index (κ1) is 15.7. The van der Waals surface area contributed by atoms with Crippen molar-refractivity contribution in [3.8, 4) is 17.6 Å². The van der Waals surface area contributed by atoms with E-state index in [4.69, 9.17) is 0 Å². The number of rotatable bonds is 1. The third-order valence-electron chi connectivity index (χ3n) is 3.16. The number of aryl methyl sites for hydroxylation is 1. The fourth-order valence-corrected chi connectivity index (χ4v) is 1.77. The summed E-state index contributed by atoms with van der Waals surface area (Å²) in [5.74, 6) is 5.94. The van der Waals surface area contributed by atoms with Gasteiger partial charge in [0.2, 0.25) is 5.91 Å². The molecular weight excluding hydrogens is 276 g/mol. The van der Waals surface area contributed by atoms with E-state index in [-0.39, 0.29) is 11.7 Å². The molecule has 2 aromatic rings. The molecule has 0 saturated heterocycles. The lowest BCUT2D eigenvalue weighted by molar-refractivity contribution is -0.123. The molecule has 0 atom stereocenters. The van der Waals surface area contributed by atoms with Gasteiger partial charge in [-0.3, -0.25) is 4.79 Å². The molecule has 2 rings (SSSR count). The van der Waals surface area contributed by atoms with Gasteiger partial charge in [-0.15, -0.1) is 0 Å². The van der Waals surface area contributed by atoms with E-state index in [1.807, 2.05) is 45.9 Å². The first-order valence-corrected chi connectivity index (χ1v) is 7.07. The maximum absolute atomic E-state index is 12.2. The Morgan fingerprint density at radius 1 is 1.18 bits per heavy atom. The highest BCUT2D eigenvalue weighted by molar-refractivity contribution is 5.95. The van der Waals surface area contributed by atoms with Crippen LogP contribution in [-0.4, -0.2) is 16.0 Å². The van der Waals surface area contributed by atoms with Gasteiger partial charge in [-0.2, -0.15) is 0 Å². The Morgan fingerprint density at radius 3 is 2.45 bits per heavy atom. The van der Waals surface area contributed by atoms with Gasteiger partial charge in [0.15, 0.2) is 0 Å². The van der Waals surface area contributed by atoms with Crippen LogP contribution in [0.2, 0.25) is 0 Å². The van der Waals surface area contributed by atoms with Gasteiger partial charge in [-0.25, -0.2) is 0 Å². The third-order valence-corrected chi connectivity index (χ3v) is 3.16. The summed E-state index contributed by atoms with van der Waals surface area (Å²) in [6.07, 6.45) is 3.10. The van der Waals surface area contributed by atoms with Crippen molar-refractivity contribution in [3.05, 3.63) is 47.3 Å². The van der Waals surface area contributed by atoms with Crippen molar-refractivity contribution in [3.63, 3.8) is 0 Å². The number of aromatic amines is 1. The number of amides is 1. The normalized spacial score (nSPS) is 10.7. The Hall–Kier alpha value is -2.67. The molecule has 114 valence electrons. The van der Waals surface area contributed by atoms with Crippen LogP contribution in [0.5, 0.6) is 5.75 Å². The number of aromatic hydroxyl groups is 1. The van der Waals surface area contributed by atoms with Crippen LogP contribution in [0.3, 0.4) is 0 Å². The van der Waals surface area contributed by atoms with Crippen molar-refractivity contribution >= 4 is 11.6 Å². The molecule has 0 saturated carbocycles. The van der Waals surface area contributed by atoms with Crippen LogP contribution in [0.25, 0.3) is 0 Å². The van der Waals surface area contributed by atoms with E-state index in [9.17, 15) is 9.90 Å². The average molecular weight is 296 g/mol. The molecule has 0 spiro atoms. The second-order valence-corrected chi connectivity index (χ2v) is 6.26. The number of hydrogen-bond acceptors (Lipinski definition) is 2. The van der Waals surface area contributed by atoms with Crippen LogP contribution in [-0.2, 0) is 4.79 Å². The summed E-state index contributed by atoms with van der Waals surface area (Å²) in [6.45, 7) is 7.55. The molecule has 0 fully saturated rings. The van der Waals surface area contributed by atoms with E-state index >= 15 is 0 Å². The lowest BCUT2D eigenvalue weighted by Crippen LogP contribution is -2.28. The largest absolute Gasteiger partial charge is 0.505 e. The summed E-state index contributed by atoms with van der Waals surface area (Å²) >= 11 is 0.